The number of esters is 1. The molecule has 0 unspecified atom stereocenters. The summed E-state index contributed by atoms with van der Waals surface area (Å²) in [5.74, 6) is -0.873. The molecule has 1 heterocycles. The van der Waals surface area contributed by atoms with Crippen LogP contribution in [0.2, 0.25) is 0 Å². The number of carbonyl (C=O) groups excluding carboxylic acids is 1. The normalized spacial score (nSPS) is 40.7. The topological polar surface area (TPSA) is 66.8 Å². The van der Waals surface area contributed by atoms with Crippen LogP contribution >= 0.6 is 0 Å². The largest absolute Gasteiger partial charge is 0.462 e. The summed E-state index contributed by atoms with van der Waals surface area (Å²) in [5, 5.41) is 19.1. The monoisotopic (exact) mass is 202 g/mol. The minimum absolute atomic E-state index is 0.273. The van der Waals surface area contributed by atoms with E-state index in [0.29, 0.717) is 19.3 Å². The molecule has 82 valence electrons. The summed E-state index contributed by atoms with van der Waals surface area (Å²) < 4.78 is 5.07. The van der Waals surface area contributed by atoms with Crippen LogP contribution in [0.4, 0.5) is 0 Å². The highest BCUT2D eigenvalue weighted by molar-refractivity contribution is 5.72. The second kappa shape index (κ2) is 4.75. The van der Waals surface area contributed by atoms with Gasteiger partial charge in [0, 0.05) is 6.42 Å². The number of rotatable bonds is 0. The maximum atomic E-state index is 11.4. The van der Waals surface area contributed by atoms with Crippen molar-refractivity contribution < 1.29 is 19.7 Å². The molecule has 0 saturated carbocycles. The Morgan fingerprint density at radius 3 is 2.57 bits per heavy atom. The molecular formula is C10H18O4. The quantitative estimate of drug-likeness (QED) is 0.560. The lowest BCUT2D eigenvalue weighted by atomic mass is 9.99. The van der Waals surface area contributed by atoms with Crippen molar-refractivity contribution in [2.45, 2.75) is 51.4 Å². The van der Waals surface area contributed by atoms with E-state index in [4.69, 9.17) is 4.74 Å². The van der Waals surface area contributed by atoms with Crippen LogP contribution < -0.4 is 0 Å². The average Bonchev–Trinajstić information content (AvgIpc) is 2.14. The lowest BCUT2D eigenvalue weighted by molar-refractivity contribution is -0.156. The molecule has 0 bridgehead atoms. The van der Waals surface area contributed by atoms with Gasteiger partial charge >= 0.3 is 5.97 Å². The van der Waals surface area contributed by atoms with Crippen LogP contribution in [-0.4, -0.2) is 34.5 Å². The van der Waals surface area contributed by atoms with Gasteiger partial charge in [-0.25, -0.2) is 0 Å². The first-order valence-electron chi connectivity index (χ1n) is 5.07. The smallest absolute Gasteiger partial charge is 0.311 e. The van der Waals surface area contributed by atoms with Crippen LogP contribution in [-0.2, 0) is 9.53 Å². The number of hydrogen-bond acceptors (Lipinski definition) is 4. The van der Waals surface area contributed by atoms with Gasteiger partial charge in [-0.2, -0.15) is 0 Å². The van der Waals surface area contributed by atoms with E-state index in [2.05, 4.69) is 0 Å². The predicted molar refractivity (Wildman–Crippen MR) is 50.6 cm³/mol. The molecule has 4 atom stereocenters. The molecule has 1 aliphatic rings. The Kier molecular flexibility index (Phi) is 3.89. The van der Waals surface area contributed by atoms with Crippen LogP contribution in [0.5, 0.6) is 0 Å². The first kappa shape index (κ1) is 11.5. The number of aliphatic hydroxyl groups excluding tert-OH is 2. The molecule has 0 radical (unpaired) electrons. The third kappa shape index (κ3) is 2.96. The van der Waals surface area contributed by atoms with Gasteiger partial charge in [-0.1, -0.05) is 0 Å². The molecule has 14 heavy (non-hydrogen) atoms. The molecule has 2 N–H and O–H groups in total. The van der Waals surface area contributed by atoms with E-state index < -0.39 is 18.1 Å². The van der Waals surface area contributed by atoms with Crippen molar-refractivity contribution in [1.29, 1.82) is 0 Å². The lowest BCUT2D eigenvalue weighted by Crippen LogP contribution is -2.28. The Hall–Kier alpha value is -0.610. The minimum Gasteiger partial charge on any atom is -0.462 e. The zero-order chi connectivity index (χ0) is 10.7. The fourth-order valence-corrected chi connectivity index (χ4v) is 1.62. The van der Waals surface area contributed by atoms with Crippen molar-refractivity contribution in [3.8, 4) is 0 Å². The average molecular weight is 202 g/mol. The Balaban J connectivity index is 2.65. The van der Waals surface area contributed by atoms with Crippen molar-refractivity contribution in [3.63, 3.8) is 0 Å². The van der Waals surface area contributed by atoms with Crippen LogP contribution in [0.1, 0.15) is 33.1 Å². The van der Waals surface area contributed by atoms with Gasteiger partial charge < -0.3 is 14.9 Å². The second-order valence-electron chi connectivity index (χ2n) is 4.07. The molecule has 0 aliphatic carbocycles. The number of cyclic esters (lactones) is 1. The van der Waals surface area contributed by atoms with Gasteiger partial charge in [0.2, 0.25) is 0 Å². The number of hydrogen-bond donors (Lipinski definition) is 2. The van der Waals surface area contributed by atoms with Crippen molar-refractivity contribution in [3.05, 3.63) is 0 Å². The van der Waals surface area contributed by atoms with E-state index in [1.165, 1.54) is 0 Å². The SMILES string of the molecule is C[C@@H]1C[C@@H](O)CC[C@@H](O)[C@H](C)C(=O)O1. The highest BCUT2D eigenvalue weighted by Gasteiger charge is 2.28. The number of carbonyl (C=O) groups is 1. The molecule has 0 amide bonds. The van der Waals surface area contributed by atoms with Crippen molar-refractivity contribution in [2.75, 3.05) is 0 Å². The molecule has 0 aromatic carbocycles. The van der Waals surface area contributed by atoms with Gasteiger partial charge in [-0.3, -0.25) is 4.79 Å². The summed E-state index contributed by atoms with van der Waals surface area (Å²) >= 11 is 0. The molecule has 1 fully saturated rings. The molecule has 1 rings (SSSR count). The third-order valence-electron chi connectivity index (χ3n) is 2.67. The predicted octanol–water partition coefficient (Wildman–Crippen LogP) is 0.460. The van der Waals surface area contributed by atoms with E-state index in [-0.39, 0.29) is 12.1 Å². The van der Waals surface area contributed by atoms with Crippen LogP contribution in [0.3, 0.4) is 0 Å². The van der Waals surface area contributed by atoms with E-state index in [9.17, 15) is 15.0 Å². The molecular weight excluding hydrogens is 184 g/mol. The maximum absolute atomic E-state index is 11.4. The number of aliphatic hydroxyl groups is 2. The summed E-state index contributed by atoms with van der Waals surface area (Å²) in [6.07, 6.45) is -0.0487. The third-order valence-corrected chi connectivity index (χ3v) is 2.67. The van der Waals surface area contributed by atoms with Gasteiger partial charge in [0.15, 0.2) is 0 Å². The molecule has 0 aromatic rings. The summed E-state index contributed by atoms with van der Waals surface area (Å²) in [6, 6.07) is 0. The highest BCUT2D eigenvalue weighted by Crippen LogP contribution is 2.19. The Morgan fingerprint density at radius 1 is 1.29 bits per heavy atom. The number of ether oxygens (including phenoxy) is 1. The zero-order valence-electron chi connectivity index (χ0n) is 8.64. The summed E-state index contributed by atoms with van der Waals surface area (Å²) in [4.78, 5) is 11.4. The van der Waals surface area contributed by atoms with Gasteiger partial charge in [-0.15, -0.1) is 0 Å². The van der Waals surface area contributed by atoms with Gasteiger partial charge in [0.1, 0.15) is 6.10 Å². The summed E-state index contributed by atoms with van der Waals surface area (Å²) in [7, 11) is 0. The summed E-state index contributed by atoms with van der Waals surface area (Å²) in [6.45, 7) is 3.41. The molecule has 1 saturated heterocycles. The molecule has 4 heteroatoms. The van der Waals surface area contributed by atoms with E-state index in [0.717, 1.165) is 0 Å². The van der Waals surface area contributed by atoms with Gasteiger partial charge in [0.05, 0.1) is 18.1 Å². The first-order valence-corrected chi connectivity index (χ1v) is 5.07. The van der Waals surface area contributed by atoms with Crippen molar-refractivity contribution >= 4 is 5.97 Å². The Bertz CT molecular complexity index is 204. The standard InChI is InChI=1S/C10H18O4/c1-6-5-8(11)3-4-9(12)7(2)10(13)14-6/h6-9,11-12H,3-5H2,1-2H3/t6-,7+,8+,9-/m1/s1. The summed E-state index contributed by atoms with van der Waals surface area (Å²) in [5.41, 5.74) is 0. The van der Waals surface area contributed by atoms with Gasteiger partial charge in [-0.05, 0) is 26.7 Å². The molecule has 4 nitrogen and oxygen atoms in total. The van der Waals surface area contributed by atoms with Crippen molar-refractivity contribution in [2.24, 2.45) is 5.92 Å². The second-order valence-corrected chi connectivity index (χ2v) is 4.07. The maximum Gasteiger partial charge on any atom is 0.311 e. The molecule has 1 aliphatic heterocycles. The molecule has 0 spiro atoms. The lowest BCUT2D eigenvalue weighted by Gasteiger charge is -2.17. The Labute approximate surface area is 83.9 Å². The first-order chi connectivity index (χ1) is 6.50. The highest BCUT2D eigenvalue weighted by atomic mass is 16.5. The van der Waals surface area contributed by atoms with E-state index in [1.807, 2.05) is 0 Å². The van der Waals surface area contributed by atoms with Crippen LogP contribution in [0.15, 0.2) is 0 Å². The Morgan fingerprint density at radius 2 is 1.93 bits per heavy atom. The van der Waals surface area contributed by atoms with E-state index in [1.54, 1.807) is 13.8 Å². The van der Waals surface area contributed by atoms with Crippen LogP contribution in [0, 0.1) is 5.92 Å². The van der Waals surface area contributed by atoms with Crippen molar-refractivity contribution in [1.82, 2.24) is 0 Å². The molecule has 0 aromatic heterocycles. The van der Waals surface area contributed by atoms with Gasteiger partial charge in [0.25, 0.3) is 0 Å². The van der Waals surface area contributed by atoms with Crippen LogP contribution in [0.25, 0.3) is 0 Å². The zero-order valence-corrected chi connectivity index (χ0v) is 8.64. The fraction of sp³-hybridized carbons (Fsp3) is 0.900. The fourth-order valence-electron chi connectivity index (χ4n) is 1.62. The minimum atomic E-state index is -0.706. The van der Waals surface area contributed by atoms with E-state index >= 15 is 0 Å².